The van der Waals surface area contributed by atoms with Crippen LogP contribution in [0.1, 0.15) is 39.5 Å². The normalized spacial score (nSPS) is 13.1. The Labute approximate surface area is 64.3 Å². The van der Waals surface area contributed by atoms with Crippen LogP contribution in [0.3, 0.4) is 0 Å². The average molecular weight is 141 g/mol. The first kappa shape index (κ1) is 9.70. The predicted octanol–water partition coefficient (Wildman–Crippen LogP) is 2.47. The smallest absolute Gasteiger partial charge is 0.00363 e. The van der Waals surface area contributed by atoms with E-state index in [2.05, 4.69) is 20.4 Å². The van der Waals surface area contributed by atoms with Crippen LogP contribution in [0.25, 0.3) is 0 Å². The van der Waals surface area contributed by atoms with Gasteiger partial charge in [0.25, 0.3) is 0 Å². The SMILES string of the molecule is C=C(C)CCCC(N)CC. The summed E-state index contributed by atoms with van der Waals surface area (Å²) in [6.07, 6.45) is 4.57. The Balaban J connectivity index is 3.11. The molecule has 0 aliphatic rings. The van der Waals surface area contributed by atoms with Gasteiger partial charge >= 0.3 is 0 Å². The van der Waals surface area contributed by atoms with Gasteiger partial charge in [0.15, 0.2) is 0 Å². The zero-order valence-electron chi connectivity index (χ0n) is 7.19. The van der Waals surface area contributed by atoms with Gasteiger partial charge in [0, 0.05) is 6.04 Å². The van der Waals surface area contributed by atoms with Gasteiger partial charge < -0.3 is 5.73 Å². The van der Waals surface area contributed by atoms with Crippen molar-refractivity contribution in [3.63, 3.8) is 0 Å². The molecule has 0 saturated heterocycles. The van der Waals surface area contributed by atoms with Crippen molar-refractivity contribution >= 4 is 0 Å². The van der Waals surface area contributed by atoms with E-state index in [9.17, 15) is 0 Å². The first-order chi connectivity index (χ1) is 4.66. The Morgan fingerprint density at radius 3 is 2.60 bits per heavy atom. The zero-order chi connectivity index (χ0) is 7.98. The molecule has 2 N–H and O–H groups in total. The maximum atomic E-state index is 5.73. The van der Waals surface area contributed by atoms with E-state index in [1.807, 2.05) is 0 Å². The number of allylic oxidation sites excluding steroid dienone is 1. The fourth-order valence-electron chi connectivity index (χ4n) is 0.870. The molecule has 0 aromatic rings. The number of hydrogen-bond donors (Lipinski definition) is 1. The van der Waals surface area contributed by atoms with E-state index >= 15 is 0 Å². The van der Waals surface area contributed by atoms with Gasteiger partial charge in [-0.2, -0.15) is 0 Å². The molecular weight excluding hydrogens is 122 g/mol. The second kappa shape index (κ2) is 5.48. The van der Waals surface area contributed by atoms with Crippen molar-refractivity contribution in [1.82, 2.24) is 0 Å². The molecule has 1 nitrogen and oxygen atoms in total. The maximum absolute atomic E-state index is 5.73. The van der Waals surface area contributed by atoms with Crippen molar-refractivity contribution in [3.8, 4) is 0 Å². The lowest BCUT2D eigenvalue weighted by molar-refractivity contribution is 0.567. The van der Waals surface area contributed by atoms with Crippen molar-refractivity contribution in [2.24, 2.45) is 5.73 Å². The third-order valence-electron chi connectivity index (χ3n) is 1.70. The number of hydrogen-bond acceptors (Lipinski definition) is 1. The minimum atomic E-state index is 0.402. The van der Waals surface area contributed by atoms with E-state index in [-0.39, 0.29) is 0 Å². The second-order valence-electron chi connectivity index (χ2n) is 3.02. The Hall–Kier alpha value is -0.300. The van der Waals surface area contributed by atoms with Crippen LogP contribution in [0.5, 0.6) is 0 Å². The largest absolute Gasteiger partial charge is 0.328 e. The van der Waals surface area contributed by atoms with Crippen molar-refractivity contribution in [1.29, 1.82) is 0 Å². The maximum Gasteiger partial charge on any atom is 0.00363 e. The zero-order valence-corrected chi connectivity index (χ0v) is 7.19. The minimum absolute atomic E-state index is 0.402. The van der Waals surface area contributed by atoms with E-state index in [4.69, 9.17) is 5.73 Å². The van der Waals surface area contributed by atoms with Crippen LogP contribution < -0.4 is 5.73 Å². The molecule has 1 atom stereocenters. The van der Waals surface area contributed by atoms with Gasteiger partial charge in [0.2, 0.25) is 0 Å². The van der Waals surface area contributed by atoms with Crippen molar-refractivity contribution in [3.05, 3.63) is 12.2 Å². The molecule has 60 valence electrons. The number of nitrogens with two attached hydrogens (primary N) is 1. The van der Waals surface area contributed by atoms with E-state index in [1.54, 1.807) is 0 Å². The third kappa shape index (κ3) is 5.83. The molecule has 0 aromatic carbocycles. The molecule has 0 heterocycles. The van der Waals surface area contributed by atoms with Gasteiger partial charge in [-0.15, -0.1) is 6.58 Å². The summed E-state index contributed by atoms with van der Waals surface area (Å²) in [4.78, 5) is 0. The lowest BCUT2D eigenvalue weighted by Crippen LogP contribution is -2.17. The Morgan fingerprint density at radius 1 is 1.60 bits per heavy atom. The van der Waals surface area contributed by atoms with Gasteiger partial charge in [-0.25, -0.2) is 0 Å². The fraction of sp³-hybridized carbons (Fsp3) is 0.778. The molecule has 0 saturated carbocycles. The van der Waals surface area contributed by atoms with Gasteiger partial charge in [-0.3, -0.25) is 0 Å². The summed E-state index contributed by atoms with van der Waals surface area (Å²) in [5.74, 6) is 0. The minimum Gasteiger partial charge on any atom is -0.328 e. The molecule has 0 amide bonds. The molecular formula is C9H19N. The van der Waals surface area contributed by atoms with E-state index in [1.165, 1.54) is 12.0 Å². The monoisotopic (exact) mass is 141 g/mol. The molecule has 1 unspecified atom stereocenters. The summed E-state index contributed by atoms with van der Waals surface area (Å²) in [6.45, 7) is 8.03. The van der Waals surface area contributed by atoms with Gasteiger partial charge in [0.1, 0.15) is 0 Å². The highest BCUT2D eigenvalue weighted by molar-refractivity contribution is 4.87. The molecule has 0 aliphatic heterocycles. The summed E-state index contributed by atoms with van der Waals surface area (Å²) in [7, 11) is 0. The van der Waals surface area contributed by atoms with Crippen LogP contribution >= 0.6 is 0 Å². The molecule has 1 heteroatoms. The lowest BCUT2D eigenvalue weighted by atomic mass is 10.1. The molecule has 0 spiro atoms. The molecule has 0 radical (unpaired) electrons. The third-order valence-corrected chi connectivity index (χ3v) is 1.70. The van der Waals surface area contributed by atoms with Crippen LogP contribution in [-0.4, -0.2) is 6.04 Å². The number of rotatable bonds is 5. The fourth-order valence-corrected chi connectivity index (χ4v) is 0.870. The van der Waals surface area contributed by atoms with Crippen molar-refractivity contribution < 1.29 is 0 Å². The Morgan fingerprint density at radius 2 is 2.20 bits per heavy atom. The summed E-state index contributed by atoms with van der Waals surface area (Å²) in [5.41, 5.74) is 7.00. The highest BCUT2D eigenvalue weighted by atomic mass is 14.6. The van der Waals surface area contributed by atoms with E-state index in [0.717, 1.165) is 19.3 Å². The van der Waals surface area contributed by atoms with Crippen LogP contribution in [0.15, 0.2) is 12.2 Å². The highest BCUT2D eigenvalue weighted by Gasteiger charge is 1.97. The van der Waals surface area contributed by atoms with Crippen LogP contribution in [0.4, 0.5) is 0 Å². The molecule has 0 bridgehead atoms. The summed E-state index contributed by atoms with van der Waals surface area (Å²) < 4.78 is 0. The standard InChI is InChI=1S/C9H19N/c1-4-9(10)7-5-6-8(2)3/h9H,2,4-7,10H2,1,3H3. The van der Waals surface area contributed by atoms with Crippen molar-refractivity contribution in [2.75, 3.05) is 0 Å². The van der Waals surface area contributed by atoms with E-state index < -0.39 is 0 Å². The topological polar surface area (TPSA) is 26.0 Å². The van der Waals surface area contributed by atoms with Gasteiger partial charge in [-0.05, 0) is 32.6 Å². The van der Waals surface area contributed by atoms with Gasteiger partial charge in [-0.1, -0.05) is 12.5 Å². The summed E-state index contributed by atoms with van der Waals surface area (Å²) in [5, 5.41) is 0. The quantitative estimate of drug-likeness (QED) is 0.585. The summed E-state index contributed by atoms with van der Waals surface area (Å²) in [6, 6.07) is 0.402. The average Bonchev–Trinajstić information content (AvgIpc) is 1.87. The summed E-state index contributed by atoms with van der Waals surface area (Å²) >= 11 is 0. The first-order valence-electron chi connectivity index (χ1n) is 4.06. The predicted molar refractivity (Wildman–Crippen MR) is 46.9 cm³/mol. The van der Waals surface area contributed by atoms with Gasteiger partial charge in [0.05, 0.1) is 0 Å². The van der Waals surface area contributed by atoms with Crippen LogP contribution in [-0.2, 0) is 0 Å². The molecule has 10 heavy (non-hydrogen) atoms. The van der Waals surface area contributed by atoms with Crippen LogP contribution in [0.2, 0.25) is 0 Å². The second-order valence-corrected chi connectivity index (χ2v) is 3.02. The highest BCUT2D eigenvalue weighted by Crippen LogP contribution is 2.06. The Bertz CT molecular complexity index is 96.9. The molecule has 0 aliphatic carbocycles. The molecule has 0 aromatic heterocycles. The molecule has 0 fully saturated rings. The molecule has 0 rings (SSSR count). The lowest BCUT2D eigenvalue weighted by Gasteiger charge is -2.06. The van der Waals surface area contributed by atoms with Crippen LogP contribution in [0, 0.1) is 0 Å². The van der Waals surface area contributed by atoms with Crippen molar-refractivity contribution in [2.45, 2.75) is 45.6 Å². The first-order valence-corrected chi connectivity index (χ1v) is 4.06. The Kier molecular flexibility index (Phi) is 5.32. The van der Waals surface area contributed by atoms with E-state index in [0.29, 0.717) is 6.04 Å².